The van der Waals surface area contributed by atoms with Gasteiger partial charge in [-0.1, -0.05) is 109 Å². The number of aromatic nitrogens is 7. The van der Waals surface area contributed by atoms with Gasteiger partial charge in [0.2, 0.25) is 0 Å². The van der Waals surface area contributed by atoms with E-state index in [4.69, 9.17) is 13.6 Å². The Labute approximate surface area is 584 Å². The Hall–Kier alpha value is -8.70. The van der Waals surface area contributed by atoms with Gasteiger partial charge in [-0.15, -0.1) is 22.7 Å². The van der Waals surface area contributed by atoms with E-state index in [1.165, 1.54) is 90.1 Å². The summed E-state index contributed by atoms with van der Waals surface area (Å²) >= 11 is 3.36. The molecule has 0 atom stereocenters. The molecule has 15 heteroatoms. The zero-order valence-electron chi connectivity index (χ0n) is 59.9. The zero-order chi connectivity index (χ0) is 70.5. The molecule has 11 heterocycles. The van der Waals surface area contributed by atoms with Gasteiger partial charge in [0, 0.05) is 97.2 Å². The molecule has 96 heavy (non-hydrogen) atoms. The van der Waals surface area contributed by atoms with Gasteiger partial charge in [0.1, 0.15) is 11.6 Å². The van der Waals surface area contributed by atoms with Crippen molar-refractivity contribution in [1.82, 2.24) is 44.7 Å². The summed E-state index contributed by atoms with van der Waals surface area (Å²) in [4.78, 5) is 32.4. The molecule has 0 unspecified atom stereocenters. The molecule has 2 fully saturated rings. The van der Waals surface area contributed by atoms with Gasteiger partial charge in [0.05, 0.1) is 42.0 Å². The number of rotatable bonds is 2. The van der Waals surface area contributed by atoms with Crippen molar-refractivity contribution in [2.45, 2.75) is 123 Å². The van der Waals surface area contributed by atoms with Gasteiger partial charge in [0.25, 0.3) is 0 Å². The standard InChI is InChI=1S/C7H7F.C7H8.C6H13NO.5C6H7N.C6H13N.C6H8.C5H7NS.2C5H6O.C4H5NS/c1-6-2-4-7(8)5-3-6;1-7-5-3-2-4-6-7;1-2-7-3-5-8-6-4-7;2*1-6-2-4-7-5-3-6;2*1-6-3-2-4-7-5-6;1-6-4-2-3-5-7-6;1-2-7-5-3-4-6-7;1-6-4-2-3-5-6;1-4-3-7-5(2)6-4;1-5-2-3-6-4-5;1-5-3-2-4-6-5;1-4-5-2-3-6-4/h2-5H,1H3;2-6H,1H3;2-6H2,1H3;5*2-5H,1H3;2-6H2,1H3;2,4-5H,3H2,1H3;3H,1-2H3;2*2-4H,1H3;2-3H,1H3. The van der Waals surface area contributed by atoms with Gasteiger partial charge in [0.15, 0.2) is 0 Å². The Bertz CT molecular complexity index is 3020. The predicted molar refractivity (Wildman–Crippen MR) is 404 cm³/mol. The molecule has 11 aromatic rings. The number of allylic oxidation sites excluding steroid dienone is 4. The molecule has 3 aliphatic rings. The Kier molecular flexibility index (Phi) is 52.3. The monoisotopic (exact) mass is 1340 g/mol. The lowest BCUT2D eigenvalue weighted by Crippen LogP contribution is -2.35. The summed E-state index contributed by atoms with van der Waals surface area (Å²) < 4.78 is 26.8. The molecule has 12 nitrogen and oxygen atoms in total. The molecular weight excluding hydrogens is 1230 g/mol. The van der Waals surface area contributed by atoms with Crippen LogP contribution in [0.25, 0.3) is 0 Å². The molecule has 0 amide bonds. The minimum absolute atomic E-state index is 0.171. The van der Waals surface area contributed by atoms with Gasteiger partial charge in [-0.3, -0.25) is 34.8 Å². The number of hydrogen-bond acceptors (Lipinski definition) is 14. The molecule has 2 saturated heterocycles. The maximum atomic E-state index is 12.1. The summed E-state index contributed by atoms with van der Waals surface area (Å²) in [6, 6.07) is 44.0. The van der Waals surface area contributed by atoms with Crippen LogP contribution in [0.15, 0.2) is 264 Å². The molecular formula is C81H108FN9O3S2. The third-order valence-electron chi connectivity index (χ3n) is 12.8. The summed E-state index contributed by atoms with van der Waals surface area (Å²) in [5.74, 6) is 0.797. The lowest BCUT2D eigenvalue weighted by atomic mass is 10.2. The molecule has 0 bridgehead atoms. The van der Waals surface area contributed by atoms with E-state index in [9.17, 15) is 4.39 Å². The van der Waals surface area contributed by atoms with E-state index in [1.54, 1.807) is 103 Å². The van der Waals surface area contributed by atoms with E-state index in [0.29, 0.717) is 0 Å². The van der Waals surface area contributed by atoms with Crippen LogP contribution in [-0.4, -0.2) is 97.2 Å². The van der Waals surface area contributed by atoms with Gasteiger partial charge < -0.3 is 18.5 Å². The second kappa shape index (κ2) is 58.8. The fourth-order valence-electron chi connectivity index (χ4n) is 7.32. The van der Waals surface area contributed by atoms with E-state index in [0.717, 1.165) is 65.5 Å². The van der Waals surface area contributed by atoms with E-state index < -0.39 is 0 Å². The number of aryl methyl sites for hydroxylation is 12. The third-order valence-corrected chi connectivity index (χ3v) is 14.4. The molecule has 0 saturated carbocycles. The van der Waals surface area contributed by atoms with Crippen LogP contribution in [0.3, 0.4) is 0 Å². The topological polar surface area (TPSA) is 132 Å². The number of thiazole rings is 2. The highest BCUT2D eigenvalue weighted by atomic mass is 32.1. The highest BCUT2D eigenvalue weighted by Crippen LogP contribution is 2.07. The van der Waals surface area contributed by atoms with Crippen LogP contribution in [-0.2, 0) is 4.74 Å². The van der Waals surface area contributed by atoms with Crippen molar-refractivity contribution in [2.75, 3.05) is 52.5 Å². The highest BCUT2D eigenvalue weighted by Gasteiger charge is 2.07. The van der Waals surface area contributed by atoms with Crippen LogP contribution in [0.2, 0.25) is 0 Å². The second-order valence-electron chi connectivity index (χ2n) is 21.9. The number of benzene rings is 2. The van der Waals surface area contributed by atoms with Crippen molar-refractivity contribution >= 4 is 22.7 Å². The van der Waals surface area contributed by atoms with Gasteiger partial charge in [-0.2, -0.15) is 0 Å². The first-order valence-electron chi connectivity index (χ1n) is 32.6. The summed E-state index contributed by atoms with van der Waals surface area (Å²) in [5.41, 5.74) is 12.1. The maximum Gasteiger partial charge on any atom is 0.123 e. The van der Waals surface area contributed by atoms with Crippen LogP contribution in [0.4, 0.5) is 4.39 Å². The minimum atomic E-state index is -0.171. The van der Waals surface area contributed by atoms with Crippen molar-refractivity contribution in [1.29, 1.82) is 0 Å². The smallest absolute Gasteiger partial charge is 0.123 e. The summed E-state index contributed by atoms with van der Waals surface area (Å²) in [7, 11) is 0. The average Bonchev–Trinajstić information content (AvgIpc) is 4.55. The van der Waals surface area contributed by atoms with Crippen LogP contribution in [0.5, 0.6) is 0 Å². The number of halogens is 1. The SMILES string of the molecule is CC1=CCC=C1.CCN1CCCC1.CCN1CCOCC1.Cc1ccc(F)cc1.Cc1ccccc1.Cc1ccccn1.Cc1cccnc1.Cc1cccnc1.Cc1ccco1.Cc1ccncc1.Cc1ccncc1.Cc1ccoc1.Cc1csc(C)n1.Cc1nccs1. The second-order valence-corrected chi connectivity index (χ2v) is 24.0. The number of likely N-dealkylation sites (tertiary alicyclic amines) is 1. The fourth-order valence-corrected chi connectivity index (χ4v) is 8.35. The molecule has 0 N–H and O–H groups in total. The Balaban J connectivity index is 0.000000517. The molecule has 14 rings (SSSR count). The van der Waals surface area contributed by atoms with Crippen LogP contribution >= 0.6 is 22.7 Å². The van der Waals surface area contributed by atoms with Crippen LogP contribution < -0.4 is 0 Å². The van der Waals surface area contributed by atoms with Crippen molar-refractivity contribution in [3.63, 3.8) is 0 Å². The number of nitrogens with zero attached hydrogens (tertiary/aromatic N) is 9. The molecule has 1 aliphatic carbocycles. The maximum absolute atomic E-state index is 12.1. The van der Waals surface area contributed by atoms with E-state index in [1.807, 2.05) is 197 Å². The molecule has 514 valence electrons. The number of likely N-dealkylation sites (N-methyl/N-ethyl adjacent to an activating group) is 1. The van der Waals surface area contributed by atoms with E-state index in [2.05, 4.69) is 108 Å². The minimum Gasteiger partial charge on any atom is -0.472 e. The van der Waals surface area contributed by atoms with Gasteiger partial charge in [-0.05, 0) is 242 Å². The highest BCUT2D eigenvalue weighted by molar-refractivity contribution is 7.09. The van der Waals surface area contributed by atoms with Crippen LogP contribution in [0.1, 0.15) is 106 Å². The van der Waals surface area contributed by atoms with Crippen molar-refractivity contribution in [2.24, 2.45) is 0 Å². The molecule has 0 radical (unpaired) electrons. The summed E-state index contributed by atoms with van der Waals surface area (Å²) in [6.07, 6.45) is 33.5. The molecule has 2 aliphatic heterocycles. The van der Waals surface area contributed by atoms with Gasteiger partial charge in [-0.25, -0.2) is 9.37 Å². The van der Waals surface area contributed by atoms with Crippen molar-refractivity contribution in [3.8, 4) is 0 Å². The zero-order valence-corrected chi connectivity index (χ0v) is 61.5. The number of hydrogen-bond donors (Lipinski definition) is 0. The third kappa shape index (κ3) is 54.7. The average molecular weight is 1340 g/mol. The largest absolute Gasteiger partial charge is 0.472 e. The molecule has 0 spiro atoms. The number of pyridine rings is 5. The summed E-state index contributed by atoms with van der Waals surface area (Å²) in [5, 5.41) is 6.30. The normalized spacial score (nSPS) is 11.8. The Morgan fingerprint density at radius 2 is 0.990 bits per heavy atom. The quantitative estimate of drug-likeness (QED) is 0.163. The fraction of sp³-hybridized carbons (Fsp3) is 0.321. The molecule has 9 aromatic heterocycles. The first-order valence-corrected chi connectivity index (χ1v) is 34.3. The lowest BCUT2D eigenvalue weighted by molar-refractivity contribution is 0.0405. The Morgan fingerprint density at radius 3 is 1.21 bits per heavy atom. The first kappa shape index (κ1) is 85.3. The summed E-state index contributed by atoms with van der Waals surface area (Å²) in [6.45, 7) is 39.8. The number of morpholine rings is 1. The Morgan fingerprint density at radius 1 is 0.448 bits per heavy atom. The number of furan rings is 2. The lowest BCUT2D eigenvalue weighted by Gasteiger charge is -2.24. The van der Waals surface area contributed by atoms with Crippen molar-refractivity contribution < 1.29 is 18.0 Å². The number of ether oxygens (including phenoxy) is 1. The van der Waals surface area contributed by atoms with E-state index >= 15 is 0 Å². The first-order chi connectivity index (χ1) is 46.4. The van der Waals surface area contributed by atoms with Crippen molar-refractivity contribution in [3.05, 3.63) is 327 Å². The van der Waals surface area contributed by atoms with Crippen LogP contribution in [0, 0.1) is 88.9 Å². The molecule has 2 aromatic carbocycles. The predicted octanol–water partition coefficient (Wildman–Crippen LogP) is 20.8. The van der Waals surface area contributed by atoms with Gasteiger partial charge >= 0.3 is 0 Å². The van der Waals surface area contributed by atoms with E-state index in [-0.39, 0.29) is 5.82 Å².